The van der Waals surface area contributed by atoms with Crippen LogP contribution < -0.4 is 10.2 Å². The summed E-state index contributed by atoms with van der Waals surface area (Å²) in [6.07, 6.45) is -4.79. The third-order valence-electron chi connectivity index (χ3n) is 3.81. The first-order chi connectivity index (χ1) is 13.5. The number of aryl methyl sites for hydroxylation is 2. The normalized spacial score (nSPS) is 11.4. The first-order valence-corrected chi connectivity index (χ1v) is 8.28. The predicted octanol–water partition coefficient (Wildman–Crippen LogP) is 2.48. The summed E-state index contributed by atoms with van der Waals surface area (Å²) in [5, 5.41) is 3.57. The van der Waals surface area contributed by atoms with E-state index in [4.69, 9.17) is 14.2 Å². The van der Waals surface area contributed by atoms with Crippen LogP contribution in [0.1, 0.15) is 11.3 Å². The van der Waals surface area contributed by atoms with Crippen molar-refractivity contribution in [1.82, 2.24) is 9.78 Å². The van der Waals surface area contributed by atoms with Crippen LogP contribution in [0.5, 0.6) is 5.75 Å². The first kappa shape index (κ1) is 22.3. The molecule has 2 aromatic rings. The summed E-state index contributed by atoms with van der Waals surface area (Å²) in [6.45, 7) is 1.23. The SMILES string of the molecule is COCCOC(=O)COc1cc(-c2nn(C)c(C(F)(F)F)cc2=O)c(F)cc1C. The number of hydrogen-bond acceptors (Lipinski definition) is 6. The summed E-state index contributed by atoms with van der Waals surface area (Å²) < 4.78 is 68.4. The van der Waals surface area contributed by atoms with Crippen molar-refractivity contribution < 1.29 is 36.6 Å². The minimum atomic E-state index is -4.79. The Morgan fingerprint density at radius 3 is 2.52 bits per heavy atom. The van der Waals surface area contributed by atoms with Crippen LogP contribution in [-0.2, 0) is 27.5 Å². The largest absolute Gasteiger partial charge is 0.482 e. The number of halogens is 4. The number of esters is 1. The Morgan fingerprint density at radius 2 is 1.90 bits per heavy atom. The third kappa shape index (κ3) is 5.53. The first-order valence-electron chi connectivity index (χ1n) is 8.28. The Hall–Kier alpha value is -2.95. The average Bonchev–Trinajstić information content (AvgIpc) is 2.62. The van der Waals surface area contributed by atoms with Crippen molar-refractivity contribution in [3.05, 3.63) is 45.5 Å². The molecule has 1 heterocycles. The number of carbonyl (C=O) groups excluding carboxylic acids is 1. The minimum absolute atomic E-state index is 0.0257. The molecule has 0 N–H and O–H groups in total. The Kier molecular flexibility index (Phi) is 6.96. The van der Waals surface area contributed by atoms with Crippen LogP contribution in [0, 0.1) is 12.7 Å². The van der Waals surface area contributed by atoms with Gasteiger partial charge in [-0.05, 0) is 24.6 Å². The predicted molar refractivity (Wildman–Crippen MR) is 92.9 cm³/mol. The minimum Gasteiger partial charge on any atom is -0.482 e. The lowest BCUT2D eigenvalue weighted by Gasteiger charge is -2.14. The topological polar surface area (TPSA) is 79.7 Å². The molecule has 11 heteroatoms. The van der Waals surface area contributed by atoms with E-state index in [1.807, 2.05) is 0 Å². The Bertz CT molecular complexity index is 956. The van der Waals surface area contributed by atoms with Crippen LogP contribution in [0.3, 0.4) is 0 Å². The van der Waals surface area contributed by atoms with Gasteiger partial charge in [-0.15, -0.1) is 0 Å². The van der Waals surface area contributed by atoms with Crippen LogP contribution in [0.4, 0.5) is 17.6 Å². The van der Waals surface area contributed by atoms with Crippen LogP contribution in [0.2, 0.25) is 0 Å². The van der Waals surface area contributed by atoms with Gasteiger partial charge in [0.15, 0.2) is 6.61 Å². The van der Waals surface area contributed by atoms with Crippen LogP contribution in [0.25, 0.3) is 11.3 Å². The number of alkyl halides is 3. The van der Waals surface area contributed by atoms with Gasteiger partial charge in [-0.3, -0.25) is 9.48 Å². The van der Waals surface area contributed by atoms with E-state index >= 15 is 0 Å². The molecule has 0 spiro atoms. The molecular formula is C18H18F4N2O5. The molecule has 0 aliphatic rings. The molecule has 0 fully saturated rings. The van der Waals surface area contributed by atoms with E-state index in [0.29, 0.717) is 16.3 Å². The molecule has 1 aromatic heterocycles. The van der Waals surface area contributed by atoms with Gasteiger partial charge in [0.05, 0.1) is 6.61 Å². The maximum Gasteiger partial charge on any atom is 0.433 e. The zero-order valence-electron chi connectivity index (χ0n) is 15.8. The molecule has 0 bridgehead atoms. The number of carbonyl (C=O) groups is 1. The van der Waals surface area contributed by atoms with Crippen LogP contribution in [-0.4, -0.2) is 42.7 Å². The van der Waals surface area contributed by atoms with Gasteiger partial charge in [-0.1, -0.05) is 0 Å². The van der Waals surface area contributed by atoms with Gasteiger partial charge in [0.1, 0.15) is 29.6 Å². The number of nitrogens with zero attached hydrogens (tertiary/aromatic N) is 2. The molecule has 29 heavy (non-hydrogen) atoms. The molecule has 0 radical (unpaired) electrons. The van der Waals surface area contributed by atoms with E-state index in [2.05, 4.69) is 5.10 Å². The second kappa shape index (κ2) is 9.03. The van der Waals surface area contributed by atoms with Gasteiger partial charge in [0.25, 0.3) is 0 Å². The molecule has 0 amide bonds. The molecule has 7 nitrogen and oxygen atoms in total. The lowest BCUT2D eigenvalue weighted by molar-refractivity contribution is -0.147. The highest BCUT2D eigenvalue weighted by atomic mass is 19.4. The summed E-state index contributed by atoms with van der Waals surface area (Å²) in [5.41, 5.74) is -2.95. The average molecular weight is 418 g/mol. The third-order valence-corrected chi connectivity index (χ3v) is 3.81. The molecule has 158 valence electrons. The fourth-order valence-electron chi connectivity index (χ4n) is 2.40. The fourth-order valence-corrected chi connectivity index (χ4v) is 2.40. The lowest BCUT2D eigenvalue weighted by atomic mass is 10.1. The summed E-state index contributed by atoms with van der Waals surface area (Å²) >= 11 is 0. The molecule has 0 aliphatic heterocycles. The van der Waals surface area contributed by atoms with Gasteiger partial charge < -0.3 is 14.2 Å². The highest BCUT2D eigenvalue weighted by Gasteiger charge is 2.34. The monoisotopic (exact) mass is 418 g/mol. The smallest absolute Gasteiger partial charge is 0.433 e. The molecule has 0 atom stereocenters. The van der Waals surface area contributed by atoms with Crippen LogP contribution in [0.15, 0.2) is 23.0 Å². The highest BCUT2D eigenvalue weighted by Crippen LogP contribution is 2.30. The Labute approximate surface area is 162 Å². The zero-order chi connectivity index (χ0) is 21.8. The van der Waals surface area contributed by atoms with E-state index in [1.165, 1.54) is 14.0 Å². The van der Waals surface area contributed by atoms with Gasteiger partial charge >= 0.3 is 12.1 Å². The van der Waals surface area contributed by atoms with E-state index in [9.17, 15) is 27.2 Å². The fraction of sp³-hybridized carbons (Fsp3) is 0.389. The Balaban J connectivity index is 2.33. The van der Waals surface area contributed by atoms with Crippen molar-refractivity contribution in [3.8, 4) is 17.0 Å². The summed E-state index contributed by atoms with van der Waals surface area (Å²) in [5.74, 6) is -1.52. The van der Waals surface area contributed by atoms with Crippen molar-refractivity contribution in [3.63, 3.8) is 0 Å². The zero-order valence-corrected chi connectivity index (χ0v) is 15.8. The molecule has 0 unspecified atom stereocenters. The van der Waals surface area contributed by atoms with E-state index in [0.717, 1.165) is 19.2 Å². The molecular weight excluding hydrogens is 400 g/mol. The molecule has 0 saturated carbocycles. The van der Waals surface area contributed by atoms with Crippen molar-refractivity contribution in [1.29, 1.82) is 0 Å². The standard InChI is InChI=1S/C18H18F4N2O5/c1-10-6-12(19)11(7-14(10)29-9-16(26)28-5-4-27-3)17-13(25)8-15(18(20,21)22)24(2)23-17/h6-8H,4-5,9H2,1-3H3. The number of ether oxygens (including phenoxy) is 3. The van der Waals surface area contributed by atoms with Crippen LogP contribution >= 0.6 is 0 Å². The van der Waals surface area contributed by atoms with Crippen molar-refractivity contribution in [2.45, 2.75) is 13.1 Å². The van der Waals surface area contributed by atoms with Crippen molar-refractivity contribution in [2.75, 3.05) is 26.9 Å². The van der Waals surface area contributed by atoms with Crippen molar-refractivity contribution in [2.24, 2.45) is 7.05 Å². The molecule has 0 aliphatic carbocycles. The number of hydrogen-bond donors (Lipinski definition) is 0. The van der Waals surface area contributed by atoms with Gasteiger partial charge in [-0.2, -0.15) is 18.3 Å². The van der Waals surface area contributed by atoms with Gasteiger partial charge in [0.2, 0.25) is 5.43 Å². The van der Waals surface area contributed by atoms with E-state index < -0.39 is 41.4 Å². The van der Waals surface area contributed by atoms with E-state index in [1.54, 1.807) is 0 Å². The summed E-state index contributed by atoms with van der Waals surface area (Å²) in [4.78, 5) is 23.7. The molecule has 2 rings (SSSR count). The van der Waals surface area contributed by atoms with Crippen molar-refractivity contribution >= 4 is 5.97 Å². The lowest BCUT2D eigenvalue weighted by Crippen LogP contribution is -2.23. The molecule has 1 aromatic carbocycles. The number of benzene rings is 1. The van der Waals surface area contributed by atoms with Gasteiger partial charge in [0, 0.05) is 25.8 Å². The summed E-state index contributed by atoms with van der Waals surface area (Å²) in [6, 6.07) is 2.47. The maximum atomic E-state index is 14.4. The number of aromatic nitrogens is 2. The maximum absolute atomic E-state index is 14.4. The molecule has 0 saturated heterocycles. The summed E-state index contributed by atoms with van der Waals surface area (Å²) in [7, 11) is 2.43. The number of methoxy groups -OCH3 is 1. The number of rotatable bonds is 7. The van der Waals surface area contributed by atoms with Gasteiger partial charge in [-0.25, -0.2) is 9.18 Å². The second-order valence-electron chi connectivity index (χ2n) is 5.96. The second-order valence-corrected chi connectivity index (χ2v) is 5.96. The highest BCUT2D eigenvalue weighted by molar-refractivity contribution is 5.71. The quantitative estimate of drug-likeness (QED) is 0.391. The Morgan fingerprint density at radius 1 is 1.21 bits per heavy atom. The van der Waals surface area contributed by atoms with E-state index in [-0.39, 0.29) is 24.5 Å².